The number of thiophene rings is 1. The molecule has 0 unspecified atom stereocenters. The first-order chi connectivity index (χ1) is 7.31. The zero-order chi connectivity index (χ0) is 10.7. The van der Waals surface area contributed by atoms with Gasteiger partial charge in [-0.15, -0.1) is 0 Å². The first-order valence-corrected chi connectivity index (χ1v) is 6.02. The molecule has 0 fully saturated rings. The minimum Gasteiger partial charge on any atom is -0.329 e. The smallest absolute Gasteiger partial charge is 0.0951 e. The Kier molecular flexibility index (Phi) is 3.18. The average molecular weight is 221 g/mol. The molecule has 2 N–H and O–H groups in total. The molecule has 0 aliphatic rings. The molecule has 0 spiro atoms. The molecule has 0 saturated heterocycles. The quantitative estimate of drug-likeness (QED) is 0.861. The Labute approximate surface area is 93.6 Å². The van der Waals surface area contributed by atoms with E-state index in [-0.39, 0.29) is 6.04 Å². The minimum atomic E-state index is 0.0890. The van der Waals surface area contributed by atoms with E-state index >= 15 is 0 Å². The largest absolute Gasteiger partial charge is 0.329 e. The van der Waals surface area contributed by atoms with E-state index in [1.54, 1.807) is 11.3 Å². The number of nitrogens with two attached hydrogens (primary N) is 1. The molecule has 2 aromatic rings. The van der Waals surface area contributed by atoms with Gasteiger partial charge in [0.1, 0.15) is 0 Å². The third kappa shape index (κ3) is 2.27. The molecular weight excluding hydrogens is 206 g/mol. The molecule has 2 aromatic heterocycles. The van der Waals surface area contributed by atoms with E-state index in [1.807, 2.05) is 12.5 Å². The number of hydrogen-bond acceptors (Lipinski definition) is 3. The highest BCUT2D eigenvalue weighted by molar-refractivity contribution is 7.07. The summed E-state index contributed by atoms with van der Waals surface area (Å²) in [6.45, 7) is 2.96. The van der Waals surface area contributed by atoms with Crippen LogP contribution in [0.1, 0.15) is 30.6 Å². The molecule has 0 amide bonds. The molecule has 4 heteroatoms. The van der Waals surface area contributed by atoms with Gasteiger partial charge in [0, 0.05) is 18.8 Å². The second-order valence-electron chi connectivity index (χ2n) is 3.59. The molecule has 0 aliphatic carbocycles. The van der Waals surface area contributed by atoms with Gasteiger partial charge in [0.25, 0.3) is 0 Å². The van der Waals surface area contributed by atoms with Crippen molar-refractivity contribution in [1.82, 2.24) is 9.55 Å². The molecule has 3 nitrogen and oxygen atoms in total. The Balaban J connectivity index is 2.18. The highest BCUT2D eigenvalue weighted by atomic mass is 32.1. The zero-order valence-corrected chi connectivity index (χ0v) is 9.57. The van der Waals surface area contributed by atoms with E-state index in [4.69, 9.17) is 5.73 Å². The summed E-state index contributed by atoms with van der Waals surface area (Å²) in [5, 5.41) is 4.24. The van der Waals surface area contributed by atoms with Gasteiger partial charge in [-0.25, -0.2) is 4.98 Å². The van der Waals surface area contributed by atoms with E-state index in [0.717, 1.165) is 18.7 Å². The van der Waals surface area contributed by atoms with Crippen LogP contribution >= 0.6 is 11.3 Å². The van der Waals surface area contributed by atoms with Gasteiger partial charge < -0.3 is 10.3 Å². The predicted octanol–water partition coefficient (Wildman–Crippen LogP) is 2.40. The van der Waals surface area contributed by atoms with Gasteiger partial charge >= 0.3 is 0 Å². The van der Waals surface area contributed by atoms with Gasteiger partial charge in [-0.3, -0.25) is 0 Å². The summed E-state index contributed by atoms with van der Waals surface area (Å²) in [7, 11) is 0. The van der Waals surface area contributed by atoms with Crippen molar-refractivity contribution >= 4 is 11.3 Å². The van der Waals surface area contributed by atoms with Crippen molar-refractivity contribution < 1.29 is 0 Å². The van der Waals surface area contributed by atoms with Crippen LogP contribution in [-0.4, -0.2) is 9.55 Å². The number of imidazole rings is 1. The normalized spacial score (nSPS) is 12.9. The van der Waals surface area contributed by atoms with Crippen LogP contribution in [0, 0.1) is 0 Å². The number of nitrogens with zero attached hydrogens (tertiary/aromatic N) is 2. The molecule has 80 valence electrons. The minimum absolute atomic E-state index is 0.0890. The zero-order valence-electron chi connectivity index (χ0n) is 8.76. The van der Waals surface area contributed by atoms with Crippen LogP contribution in [0.5, 0.6) is 0 Å². The first kappa shape index (κ1) is 10.4. The Morgan fingerprint density at radius 1 is 1.60 bits per heavy atom. The summed E-state index contributed by atoms with van der Waals surface area (Å²) >= 11 is 1.72. The lowest BCUT2D eigenvalue weighted by Crippen LogP contribution is -2.14. The fraction of sp³-hybridized carbons (Fsp3) is 0.364. The van der Waals surface area contributed by atoms with E-state index < -0.39 is 0 Å². The summed E-state index contributed by atoms with van der Waals surface area (Å²) < 4.78 is 2.12. The average Bonchev–Trinajstić information content (AvgIpc) is 2.88. The molecule has 2 heterocycles. The Morgan fingerprint density at radius 3 is 3.13 bits per heavy atom. The van der Waals surface area contributed by atoms with Crippen LogP contribution in [0.15, 0.2) is 29.4 Å². The monoisotopic (exact) mass is 221 g/mol. The fourth-order valence-electron chi connectivity index (χ4n) is 1.56. The predicted molar refractivity (Wildman–Crippen MR) is 62.9 cm³/mol. The highest BCUT2D eigenvalue weighted by Crippen LogP contribution is 2.15. The van der Waals surface area contributed by atoms with E-state index in [9.17, 15) is 0 Å². The second-order valence-corrected chi connectivity index (χ2v) is 4.37. The van der Waals surface area contributed by atoms with Gasteiger partial charge in [-0.1, -0.05) is 6.92 Å². The van der Waals surface area contributed by atoms with E-state index in [0.29, 0.717) is 0 Å². The Bertz CT molecular complexity index is 405. The third-order valence-electron chi connectivity index (χ3n) is 2.50. The second kappa shape index (κ2) is 4.59. The number of rotatable bonds is 4. The molecule has 15 heavy (non-hydrogen) atoms. The Hall–Kier alpha value is -1.13. The maximum Gasteiger partial charge on any atom is 0.0951 e. The van der Waals surface area contributed by atoms with Crippen molar-refractivity contribution in [3.8, 4) is 0 Å². The summed E-state index contributed by atoms with van der Waals surface area (Å²) in [6, 6.07) is 2.22. The maximum atomic E-state index is 6.01. The van der Waals surface area contributed by atoms with Gasteiger partial charge in [-0.2, -0.15) is 11.3 Å². The van der Waals surface area contributed by atoms with Crippen molar-refractivity contribution in [1.29, 1.82) is 0 Å². The molecule has 2 rings (SSSR count). The van der Waals surface area contributed by atoms with Gasteiger partial charge in [-0.05, 0) is 28.8 Å². The van der Waals surface area contributed by atoms with Crippen LogP contribution in [0.25, 0.3) is 0 Å². The molecule has 0 saturated carbocycles. The van der Waals surface area contributed by atoms with Gasteiger partial charge in [0.2, 0.25) is 0 Å². The molecular formula is C11H15N3S. The Morgan fingerprint density at radius 2 is 2.47 bits per heavy atom. The van der Waals surface area contributed by atoms with Crippen molar-refractivity contribution in [3.63, 3.8) is 0 Å². The molecule has 0 aliphatic heterocycles. The first-order valence-electron chi connectivity index (χ1n) is 5.08. The van der Waals surface area contributed by atoms with E-state index in [1.165, 1.54) is 5.56 Å². The summed E-state index contributed by atoms with van der Waals surface area (Å²) in [6.07, 6.45) is 4.65. The number of aromatic nitrogens is 2. The lowest BCUT2D eigenvalue weighted by molar-refractivity contribution is 0.619. The van der Waals surface area contributed by atoms with Crippen molar-refractivity contribution in [3.05, 3.63) is 40.6 Å². The number of hydrogen-bond donors (Lipinski definition) is 1. The van der Waals surface area contributed by atoms with Crippen molar-refractivity contribution in [2.24, 2.45) is 5.73 Å². The standard InChI is InChI=1S/C11H15N3S/c1-2-10(12)11-5-13-8-14(11)6-9-3-4-15-7-9/h3-5,7-8,10H,2,6,12H2,1H3/t10-/m1/s1. The van der Waals surface area contributed by atoms with Crippen molar-refractivity contribution in [2.75, 3.05) is 0 Å². The van der Waals surface area contributed by atoms with Crippen LogP contribution < -0.4 is 5.73 Å². The summed E-state index contributed by atoms with van der Waals surface area (Å²) in [4.78, 5) is 4.16. The van der Waals surface area contributed by atoms with Crippen LogP contribution in [0.2, 0.25) is 0 Å². The van der Waals surface area contributed by atoms with Crippen LogP contribution in [0.4, 0.5) is 0 Å². The van der Waals surface area contributed by atoms with E-state index in [2.05, 4.69) is 33.3 Å². The molecule has 0 radical (unpaired) electrons. The third-order valence-corrected chi connectivity index (χ3v) is 3.23. The molecule has 0 bridgehead atoms. The van der Waals surface area contributed by atoms with Crippen LogP contribution in [-0.2, 0) is 6.54 Å². The summed E-state index contributed by atoms with van der Waals surface area (Å²) in [5.41, 5.74) is 8.43. The van der Waals surface area contributed by atoms with Crippen LogP contribution in [0.3, 0.4) is 0 Å². The van der Waals surface area contributed by atoms with Gasteiger partial charge in [0.15, 0.2) is 0 Å². The topological polar surface area (TPSA) is 43.8 Å². The lowest BCUT2D eigenvalue weighted by atomic mass is 10.2. The van der Waals surface area contributed by atoms with Crippen molar-refractivity contribution in [2.45, 2.75) is 25.9 Å². The SMILES string of the molecule is CC[C@@H](N)c1cncn1Cc1ccsc1. The molecule has 0 aromatic carbocycles. The summed E-state index contributed by atoms with van der Waals surface area (Å²) in [5.74, 6) is 0. The van der Waals surface area contributed by atoms with Gasteiger partial charge in [0.05, 0.1) is 12.0 Å². The lowest BCUT2D eigenvalue weighted by Gasteiger charge is -2.12. The highest BCUT2D eigenvalue weighted by Gasteiger charge is 2.09. The molecule has 1 atom stereocenters. The maximum absolute atomic E-state index is 6.01. The fourth-order valence-corrected chi connectivity index (χ4v) is 2.22.